The first-order valence-electron chi connectivity index (χ1n) is 9.13. The van der Waals surface area contributed by atoms with Crippen molar-refractivity contribution in [1.29, 1.82) is 0 Å². The maximum Gasteiger partial charge on any atom is 0.239 e. The maximum absolute atomic E-state index is 13.9. The van der Waals surface area contributed by atoms with Gasteiger partial charge in [-0.05, 0) is 32.9 Å². The number of amides is 1. The normalized spacial score (nSPS) is 26.6. The average molecular weight is 349 g/mol. The molecule has 1 aromatic rings. The maximum atomic E-state index is 13.9. The third kappa shape index (κ3) is 4.12. The minimum Gasteiger partial charge on any atom is -0.372 e. The van der Waals surface area contributed by atoms with Crippen molar-refractivity contribution < 1.29 is 13.9 Å². The molecule has 0 aromatic heterocycles. The molecule has 0 saturated carbocycles. The second-order valence-electron chi connectivity index (χ2n) is 7.15. The summed E-state index contributed by atoms with van der Waals surface area (Å²) in [4.78, 5) is 19.0. The summed E-state index contributed by atoms with van der Waals surface area (Å²) >= 11 is 0. The van der Waals surface area contributed by atoms with Gasteiger partial charge in [-0.3, -0.25) is 9.69 Å². The molecule has 0 aliphatic carbocycles. The highest BCUT2D eigenvalue weighted by atomic mass is 19.1. The number of nitrogens with zero attached hydrogens (tertiary/aromatic N) is 3. The highest BCUT2D eigenvalue weighted by Gasteiger charge is 2.32. The average Bonchev–Trinajstić information content (AvgIpc) is 2.60. The summed E-state index contributed by atoms with van der Waals surface area (Å²) < 4.78 is 19.7. The minimum absolute atomic E-state index is 0.0813. The van der Waals surface area contributed by atoms with Gasteiger partial charge in [-0.2, -0.15) is 0 Å². The van der Waals surface area contributed by atoms with Crippen molar-refractivity contribution in [2.45, 2.75) is 39.0 Å². The largest absolute Gasteiger partial charge is 0.372 e. The van der Waals surface area contributed by atoms with Crippen LogP contribution in [-0.2, 0) is 9.53 Å². The van der Waals surface area contributed by atoms with Crippen molar-refractivity contribution in [2.24, 2.45) is 0 Å². The number of carbonyl (C=O) groups is 1. The van der Waals surface area contributed by atoms with Gasteiger partial charge in [-0.15, -0.1) is 0 Å². The number of anilines is 1. The molecule has 2 saturated heterocycles. The van der Waals surface area contributed by atoms with E-state index < -0.39 is 0 Å². The Balaban J connectivity index is 1.57. The highest BCUT2D eigenvalue weighted by Crippen LogP contribution is 2.21. The number of benzene rings is 1. The molecule has 3 atom stereocenters. The first kappa shape index (κ1) is 18.1. The second-order valence-corrected chi connectivity index (χ2v) is 7.15. The predicted octanol–water partition coefficient (Wildman–Crippen LogP) is 1.97. The van der Waals surface area contributed by atoms with E-state index in [9.17, 15) is 9.18 Å². The van der Waals surface area contributed by atoms with E-state index in [2.05, 4.69) is 9.80 Å². The minimum atomic E-state index is -0.184. The van der Waals surface area contributed by atoms with E-state index in [1.807, 2.05) is 37.8 Å². The first-order chi connectivity index (χ1) is 12.0. The fourth-order valence-electron chi connectivity index (χ4n) is 3.84. The molecule has 0 N–H and O–H groups in total. The van der Waals surface area contributed by atoms with E-state index in [1.165, 1.54) is 6.07 Å². The first-order valence-corrected chi connectivity index (χ1v) is 9.13. The third-order valence-electron chi connectivity index (χ3n) is 5.14. The van der Waals surface area contributed by atoms with E-state index >= 15 is 0 Å². The molecule has 2 aliphatic rings. The van der Waals surface area contributed by atoms with Crippen LogP contribution in [0.1, 0.15) is 20.8 Å². The smallest absolute Gasteiger partial charge is 0.239 e. The van der Waals surface area contributed by atoms with Crippen molar-refractivity contribution in [3.05, 3.63) is 30.1 Å². The van der Waals surface area contributed by atoms with Crippen LogP contribution in [-0.4, -0.2) is 73.2 Å². The molecule has 2 aliphatic heterocycles. The number of ether oxygens (including phenoxy) is 1. The Hall–Kier alpha value is -1.66. The SMILES string of the molecule is CC1CN(C(=O)C(C)N2CCN(c3ccccc3F)CC2)CC(C)O1. The quantitative estimate of drug-likeness (QED) is 0.836. The van der Waals surface area contributed by atoms with Crippen molar-refractivity contribution >= 4 is 11.6 Å². The molecule has 6 heteroatoms. The van der Waals surface area contributed by atoms with E-state index in [-0.39, 0.29) is 30.0 Å². The van der Waals surface area contributed by atoms with Gasteiger partial charge in [-0.1, -0.05) is 12.1 Å². The summed E-state index contributed by atoms with van der Waals surface area (Å²) in [6.07, 6.45) is 0.163. The fourth-order valence-corrected chi connectivity index (χ4v) is 3.84. The number of para-hydroxylation sites is 1. The molecular formula is C19H28FN3O2. The van der Waals surface area contributed by atoms with Crippen LogP contribution in [0, 0.1) is 5.82 Å². The Morgan fingerprint density at radius 1 is 1.12 bits per heavy atom. The lowest BCUT2D eigenvalue weighted by Gasteiger charge is -2.42. The number of rotatable bonds is 3. The zero-order valence-corrected chi connectivity index (χ0v) is 15.3. The number of carbonyl (C=O) groups excluding carboxylic acids is 1. The van der Waals surface area contributed by atoms with E-state index in [4.69, 9.17) is 4.74 Å². The van der Waals surface area contributed by atoms with Crippen LogP contribution in [0.5, 0.6) is 0 Å². The van der Waals surface area contributed by atoms with Crippen LogP contribution in [0.25, 0.3) is 0 Å². The molecule has 2 fully saturated rings. The Morgan fingerprint density at radius 2 is 1.72 bits per heavy atom. The predicted molar refractivity (Wildman–Crippen MR) is 96.2 cm³/mol. The van der Waals surface area contributed by atoms with Crippen LogP contribution >= 0.6 is 0 Å². The lowest BCUT2D eigenvalue weighted by atomic mass is 10.1. The molecule has 1 aromatic carbocycles. The van der Waals surface area contributed by atoms with Crippen LogP contribution in [0.3, 0.4) is 0 Å². The van der Waals surface area contributed by atoms with Gasteiger partial charge in [-0.25, -0.2) is 4.39 Å². The molecule has 3 rings (SSSR count). The summed E-state index contributed by atoms with van der Waals surface area (Å²) in [7, 11) is 0. The van der Waals surface area contributed by atoms with Crippen molar-refractivity contribution in [1.82, 2.24) is 9.80 Å². The van der Waals surface area contributed by atoms with Gasteiger partial charge in [0.05, 0.1) is 23.9 Å². The molecule has 0 radical (unpaired) electrons. The number of halogens is 1. The van der Waals surface area contributed by atoms with Gasteiger partial charge in [0.25, 0.3) is 0 Å². The molecule has 0 bridgehead atoms. The summed E-state index contributed by atoms with van der Waals surface area (Å²) in [6.45, 7) is 10.3. The Bertz CT molecular complexity index is 594. The summed E-state index contributed by atoms with van der Waals surface area (Å²) in [5.74, 6) is -0.0160. The fraction of sp³-hybridized carbons (Fsp3) is 0.632. The lowest BCUT2D eigenvalue weighted by Crippen LogP contribution is -2.57. The standard InChI is InChI=1S/C19H28FN3O2/c1-14-12-23(13-15(2)25-14)19(24)16(3)21-8-10-22(11-9-21)18-7-5-4-6-17(18)20/h4-7,14-16H,8-13H2,1-3H3. The number of hydrogen-bond acceptors (Lipinski definition) is 4. The number of piperazine rings is 1. The summed E-state index contributed by atoms with van der Waals surface area (Å²) in [5.41, 5.74) is 0.650. The second kappa shape index (κ2) is 7.70. The Kier molecular flexibility index (Phi) is 5.59. The monoisotopic (exact) mass is 349 g/mol. The third-order valence-corrected chi connectivity index (χ3v) is 5.14. The molecule has 138 valence electrons. The van der Waals surface area contributed by atoms with E-state index in [0.717, 1.165) is 26.2 Å². The lowest BCUT2D eigenvalue weighted by molar-refractivity contribution is -0.148. The molecule has 25 heavy (non-hydrogen) atoms. The zero-order valence-electron chi connectivity index (χ0n) is 15.3. The molecular weight excluding hydrogens is 321 g/mol. The van der Waals surface area contributed by atoms with E-state index in [1.54, 1.807) is 6.07 Å². The van der Waals surface area contributed by atoms with Gasteiger partial charge in [0.1, 0.15) is 5.82 Å². The Labute approximate surface area is 149 Å². The van der Waals surface area contributed by atoms with Gasteiger partial charge in [0.15, 0.2) is 0 Å². The van der Waals surface area contributed by atoms with Crippen LogP contribution in [0.4, 0.5) is 10.1 Å². The van der Waals surface area contributed by atoms with Crippen molar-refractivity contribution in [3.63, 3.8) is 0 Å². The van der Waals surface area contributed by atoms with Gasteiger partial charge >= 0.3 is 0 Å². The number of hydrogen-bond donors (Lipinski definition) is 0. The Morgan fingerprint density at radius 3 is 2.32 bits per heavy atom. The topological polar surface area (TPSA) is 36.0 Å². The van der Waals surface area contributed by atoms with Crippen LogP contribution in [0.15, 0.2) is 24.3 Å². The van der Waals surface area contributed by atoms with Gasteiger partial charge in [0, 0.05) is 39.3 Å². The van der Waals surface area contributed by atoms with Crippen LogP contribution in [0.2, 0.25) is 0 Å². The molecule has 5 nitrogen and oxygen atoms in total. The molecule has 3 unspecified atom stereocenters. The van der Waals surface area contributed by atoms with E-state index in [0.29, 0.717) is 18.8 Å². The van der Waals surface area contributed by atoms with Gasteiger partial charge in [0.2, 0.25) is 5.91 Å². The molecule has 0 spiro atoms. The van der Waals surface area contributed by atoms with Crippen molar-refractivity contribution in [3.8, 4) is 0 Å². The van der Waals surface area contributed by atoms with Crippen LogP contribution < -0.4 is 4.90 Å². The van der Waals surface area contributed by atoms with Crippen molar-refractivity contribution in [2.75, 3.05) is 44.2 Å². The highest BCUT2D eigenvalue weighted by molar-refractivity contribution is 5.81. The summed E-state index contributed by atoms with van der Waals surface area (Å²) in [5, 5.41) is 0. The molecule has 2 heterocycles. The zero-order chi connectivity index (χ0) is 18.0. The number of morpholine rings is 1. The van der Waals surface area contributed by atoms with Gasteiger partial charge < -0.3 is 14.5 Å². The molecule has 1 amide bonds. The summed E-state index contributed by atoms with van der Waals surface area (Å²) in [6, 6.07) is 6.72.